The van der Waals surface area contributed by atoms with E-state index in [9.17, 15) is 9.90 Å². The Morgan fingerprint density at radius 2 is 1.92 bits per heavy atom. The molecule has 6 nitrogen and oxygen atoms in total. The van der Waals surface area contributed by atoms with Crippen molar-refractivity contribution in [3.05, 3.63) is 24.7 Å². The number of fused-ring (bicyclic) bond motifs is 6. The van der Waals surface area contributed by atoms with Crippen LogP contribution in [0.15, 0.2) is 24.7 Å². The highest BCUT2D eigenvalue weighted by Gasteiger charge is 2.63. The van der Waals surface area contributed by atoms with Gasteiger partial charge in [-0.2, -0.15) is 5.10 Å². The molecule has 2 aromatic heterocycles. The van der Waals surface area contributed by atoms with Gasteiger partial charge in [-0.1, -0.05) is 13.8 Å². The van der Waals surface area contributed by atoms with Crippen LogP contribution in [0.4, 0.5) is 0 Å². The van der Waals surface area contributed by atoms with Crippen LogP contribution in [-0.2, 0) is 16.1 Å². The van der Waals surface area contributed by atoms with Crippen LogP contribution in [0.5, 0.6) is 0 Å². The summed E-state index contributed by atoms with van der Waals surface area (Å²) in [7, 11) is 1.84. The number of ether oxygens (including phenoxy) is 1. The maximum atomic E-state index is 13.8. The summed E-state index contributed by atoms with van der Waals surface area (Å²) in [5, 5.41) is 16.5. The van der Waals surface area contributed by atoms with E-state index < -0.39 is 5.60 Å². The van der Waals surface area contributed by atoms with Crippen molar-refractivity contribution in [2.45, 2.75) is 84.3 Å². The molecule has 2 heterocycles. The molecule has 0 spiro atoms. The van der Waals surface area contributed by atoms with Crippen molar-refractivity contribution in [3.63, 3.8) is 0 Å². The summed E-state index contributed by atoms with van der Waals surface area (Å²) in [6.45, 7) is 8.13. The van der Waals surface area contributed by atoms with Crippen molar-refractivity contribution in [2.24, 2.45) is 46.3 Å². The van der Waals surface area contributed by atoms with Gasteiger partial charge >= 0.3 is 0 Å². The molecule has 0 aliphatic heterocycles. The molecular formula is C30H43N3O3. The molecule has 0 bridgehead atoms. The quantitative estimate of drug-likeness (QED) is 0.613. The summed E-state index contributed by atoms with van der Waals surface area (Å²) in [6, 6.07) is 1.95. The third-order valence-corrected chi connectivity index (χ3v) is 11.7. The Hall–Kier alpha value is -1.79. The zero-order valence-electron chi connectivity index (χ0n) is 22.4. The van der Waals surface area contributed by atoms with Gasteiger partial charge in [-0.15, -0.1) is 0 Å². The lowest BCUT2D eigenvalue weighted by Crippen LogP contribution is -2.59. The molecular weight excluding hydrogens is 450 g/mol. The summed E-state index contributed by atoms with van der Waals surface area (Å²) in [4.78, 5) is 18.1. The molecule has 0 radical (unpaired) electrons. The average molecular weight is 494 g/mol. The van der Waals surface area contributed by atoms with E-state index in [4.69, 9.17) is 4.74 Å². The van der Waals surface area contributed by atoms with E-state index in [1.807, 2.05) is 37.2 Å². The minimum absolute atomic E-state index is 0.0504. The molecule has 4 aliphatic rings. The summed E-state index contributed by atoms with van der Waals surface area (Å²) in [6.07, 6.45) is 14.0. The van der Waals surface area contributed by atoms with Crippen LogP contribution in [0, 0.1) is 46.3 Å². The molecule has 4 saturated carbocycles. The van der Waals surface area contributed by atoms with E-state index in [1.165, 1.54) is 6.42 Å². The van der Waals surface area contributed by atoms with Gasteiger partial charge in [-0.3, -0.25) is 14.5 Å². The molecule has 4 aliphatic carbocycles. The number of aliphatic hydroxyl groups is 1. The molecule has 0 aromatic carbocycles. The van der Waals surface area contributed by atoms with Gasteiger partial charge in [-0.05, 0) is 105 Å². The number of hydrogen-bond donors (Lipinski definition) is 1. The maximum Gasteiger partial charge on any atom is 0.157 e. The van der Waals surface area contributed by atoms with Gasteiger partial charge in [0.25, 0.3) is 0 Å². The van der Waals surface area contributed by atoms with E-state index in [2.05, 4.69) is 23.9 Å². The van der Waals surface area contributed by atoms with Crippen molar-refractivity contribution in [3.8, 4) is 0 Å². The summed E-state index contributed by atoms with van der Waals surface area (Å²) < 4.78 is 7.66. The topological polar surface area (TPSA) is 77.2 Å². The highest BCUT2D eigenvalue weighted by Crippen LogP contribution is 2.69. The van der Waals surface area contributed by atoms with E-state index in [0.717, 1.165) is 62.5 Å². The highest BCUT2D eigenvalue weighted by atomic mass is 16.5. The number of hydrogen-bond acceptors (Lipinski definition) is 5. The Balaban J connectivity index is 1.27. The Morgan fingerprint density at radius 1 is 1.11 bits per heavy atom. The number of nitrogens with zero attached hydrogens (tertiary/aromatic N) is 3. The fourth-order valence-electron chi connectivity index (χ4n) is 9.82. The lowest BCUT2D eigenvalue weighted by Gasteiger charge is -2.64. The number of carbonyl (C=O) groups excluding carboxylic acids is 1. The number of rotatable bonds is 5. The largest absolute Gasteiger partial charge is 0.390 e. The molecule has 6 heteroatoms. The van der Waals surface area contributed by atoms with Crippen molar-refractivity contribution < 1.29 is 14.6 Å². The number of methoxy groups -OCH3 is 1. The molecule has 0 saturated heterocycles. The van der Waals surface area contributed by atoms with Gasteiger partial charge in [0, 0.05) is 31.2 Å². The normalized spacial score (nSPS) is 44.1. The van der Waals surface area contributed by atoms with E-state index in [0.29, 0.717) is 47.3 Å². The van der Waals surface area contributed by atoms with Crippen LogP contribution in [0.3, 0.4) is 0 Å². The van der Waals surface area contributed by atoms with Crippen LogP contribution in [-0.4, -0.2) is 45.0 Å². The Labute approximate surface area is 215 Å². The molecule has 4 fully saturated rings. The SMILES string of the molecule is COC[C@@H]1C[C@H]2C[C@](C)(O)CC[C@]2(C)[C@H]2CC[C@]3(C)[C@@H](C(=O)Cn4ncc5ccncc54)CC[C@H]3[C@H]12. The summed E-state index contributed by atoms with van der Waals surface area (Å²) in [5.41, 5.74) is 0.749. The smallest absolute Gasteiger partial charge is 0.157 e. The molecule has 0 amide bonds. The highest BCUT2D eigenvalue weighted by molar-refractivity contribution is 5.84. The van der Waals surface area contributed by atoms with Crippen LogP contribution in [0.25, 0.3) is 10.9 Å². The van der Waals surface area contributed by atoms with E-state index >= 15 is 0 Å². The molecule has 36 heavy (non-hydrogen) atoms. The zero-order chi connectivity index (χ0) is 25.3. The summed E-state index contributed by atoms with van der Waals surface area (Å²) in [5.74, 6) is 3.37. The first kappa shape index (κ1) is 24.5. The second-order valence-electron chi connectivity index (χ2n) is 13.5. The second-order valence-corrected chi connectivity index (χ2v) is 13.5. The predicted molar refractivity (Wildman–Crippen MR) is 139 cm³/mol. The zero-order valence-corrected chi connectivity index (χ0v) is 22.4. The average Bonchev–Trinajstić information content (AvgIpc) is 3.41. The lowest BCUT2D eigenvalue weighted by atomic mass is 9.42. The van der Waals surface area contributed by atoms with Gasteiger partial charge in [0.05, 0.1) is 23.5 Å². The van der Waals surface area contributed by atoms with Crippen molar-refractivity contribution in [2.75, 3.05) is 13.7 Å². The monoisotopic (exact) mass is 493 g/mol. The first-order valence-corrected chi connectivity index (χ1v) is 14.2. The molecule has 196 valence electrons. The number of ketones is 1. The summed E-state index contributed by atoms with van der Waals surface area (Å²) >= 11 is 0. The van der Waals surface area contributed by atoms with E-state index in [1.54, 1.807) is 6.20 Å². The van der Waals surface area contributed by atoms with Gasteiger partial charge in [0.1, 0.15) is 6.54 Å². The van der Waals surface area contributed by atoms with Crippen LogP contribution >= 0.6 is 0 Å². The fourth-order valence-corrected chi connectivity index (χ4v) is 9.82. The number of Topliss-reactive ketones (excluding diaryl/α,β-unsaturated/α-hetero) is 1. The maximum absolute atomic E-state index is 13.8. The Kier molecular flexibility index (Phi) is 5.88. The first-order valence-electron chi connectivity index (χ1n) is 14.2. The minimum Gasteiger partial charge on any atom is -0.390 e. The third-order valence-electron chi connectivity index (χ3n) is 11.7. The van der Waals surface area contributed by atoms with Gasteiger partial charge in [0.2, 0.25) is 0 Å². The number of aromatic nitrogens is 3. The molecule has 9 atom stereocenters. The minimum atomic E-state index is -0.533. The standard InChI is InChI=1S/C30H43N3O3/c1-28(35)10-11-29(2)21(14-28)13-20(18-36-4)27-23-6-5-22(30(23,3)9-7-24(27)29)26(34)17-33-25-16-31-12-8-19(25)15-32-33/h8,12,15-16,20-24,27,35H,5-7,9-11,13-14,17-18H2,1-4H3/t20-,21-,22+,23-,24-,27-,28+,29-,30+/m0/s1. The molecule has 1 N–H and O–H groups in total. The third kappa shape index (κ3) is 3.69. The van der Waals surface area contributed by atoms with Crippen molar-refractivity contribution in [1.29, 1.82) is 0 Å². The van der Waals surface area contributed by atoms with Crippen LogP contribution in [0.1, 0.15) is 72.1 Å². The number of carbonyl (C=O) groups is 1. The number of pyridine rings is 1. The van der Waals surface area contributed by atoms with Gasteiger partial charge < -0.3 is 9.84 Å². The lowest BCUT2D eigenvalue weighted by molar-refractivity contribution is -0.175. The van der Waals surface area contributed by atoms with Crippen molar-refractivity contribution >= 4 is 16.7 Å². The predicted octanol–water partition coefficient (Wildman–Crippen LogP) is 5.28. The fraction of sp³-hybridized carbons (Fsp3) is 0.767. The molecule has 2 aromatic rings. The molecule has 0 unspecified atom stereocenters. The Morgan fingerprint density at radius 3 is 2.72 bits per heavy atom. The first-order chi connectivity index (χ1) is 17.2. The van der Waals surface area contributed by atoms with Gasteiger partial charge in [0.15, 0.2) is 5.78 Å². The van der Waals surface area contributed by atoms with Gasteiger partial charge in [-0.25, -0.2) is 0 Å². The second kappa shape index (κ2) is 8.62. The molecule has 6 rings (SSSR count). The van der Waals surface area contributed by atoms with E-state index in [-0.39, 0.29) is 11.3 Å². The van der Waals surface area contributed by atoms with Crippen LogP contribution < -0.4 is 0 Å². The van der Waals surface area contributed by atoms with Crippen LogP contribution in [0.2, 0.25) is 0 Å². The van der Waals surface area contributed by atoms with Crippen molar-refractivity contribution in [1.82, 2.24) is 14.8 Å². The Bertz CT molecular complexity index is 1140.